The van der Waals surface area contributed by atoms with E-state index in [1.165, 1.54) is 0 Å². The zero-order chi connectivity index (χ0) is 34.2. The van der Waals surface area contributed by atoms with Crippen LogP contribution in [0.2, 0.25) is 0 Å². The van der Waals surface area contributed by atoms with Crippen LogP contribution in [0.3, 0.4) is 0 Å². The number of unbranched alkanes of at least 4 members (excludes halogenated alkanes) is 2. The number of benzene rings is 2. The van der Waals surface area contributed by atoms with Gasteiger partial charge in [0.05, 0.1) is 56.0 Å². The molecule has 3 atom stereocenters. The van der Waals surface area contributed by atoms with Crippen LogP contribution in [0.4, 0.5) is 11.4 Å². The van der Waals surface area contributed by atoms with E-state index in [4.69, 9.17) is 18.9 Å². The Morgan fingerprint density at radius 1 is 0.938 bits per heavy atom. The van der Waals surface area contributed by atoms with Crippen LogP contribution in [0.15, 0.2) is 41.4 Å². The maximum absolute atomic E-state index is 13.7. The molecule has 0 aliphatic carbocycles. The van der Waals surface area contributed by atoms with Crippen molar-refractivity contribution in [3.05, 3.63) is 47.5 Å². The first-order chi connectivity index (χ1) is 23.0. The smallest absolute Gasteiger partial charge is 0.257 e. The highest BCUT2D eigenvalue weighted by Crippen LogP contribution is 2.46. The summed E-state index contributed by atoms with van der Waals surface area (Å²) >= 11 is 1.71. The summed E-state index contributed by atoms with van der Waals surface area (Å²) in [5, 5.41) is 0.0373. The van der Waals surface area contributed by atoms with Crippen LogP contribution in [0.25, 0.3) is 0 Å². The minimum Gasteiger partial charge on any atom is -0.493 e. The lowest BCUT2D eigenvalue weighted by molar-refractivity contribution is 0.0759. The molecule has 4 aliphatic rings. The van der Waals surface area contributed by atoms with Crippen LogP contribution >= 0.6 is 11.9 Å². The molecule has 10 nitrogen and oxygen atoms in total. The van der Waals surface area contributed by atoms with Crippen LogP contribution in [-0.4, -0.2) is 85.8 Å². The molecule has 11 heteroatoms. The fourth-order valence-corrected chi connectivity index (χ4v) is 8.40. The molecule has 258 valence electrons. The summed E-state index contributed by atoms with van der Waals surface area (Å²) in [7, 11) is 3.20. The average molecular weight is 677 g/mol. The molecule has 0 aromatic heterocycles. The van der Waals surface area contributed by atoms with Crippen molar-refractivity contribution in [2.45, 2.75) is 83.7 Å². The summed E-state index contributed by atoms with van der Waals surface area (Å²) in [6, 6.07) is 7.60. The molecule has 2 saturated heterocycles. The molecule has 6 rings (SSSR count). The van der Waals surface area contributed by atoms with Crippen molar-refractivity contribution in [3.8, 4) is 23.0 Å². The second-order valence-electron chi connectivity index (χ2n) is 14.0. The number of rotatable bonds is 12. The zero-order valence-corrected chi connectivity index (χ0v) is 29.9. The summed E-state index contributed by atoms with van der Waals surface area (Å²) in [6.07, 6.45) is 7.05. The molecule has 1 unspecified atom stereocenters. The van der Waals surface area contributed by atoms with E-state index in [2.05, 4.69) is 43.6 Å². The molecular formula is C37H48N4O6S. The summed E-state index contributed by atoms with van der Waals surface area (Å²) in [5.41, 5.74) is 3.81. The normalized spacial score (nSPS) is 21.6. The lowest BCUT2D eigenvalue weighted by atomic mass is 9.91. The third kappa shape index (κ3) is 6.70. The molecule has 0 radical (unpaired) electrons. The van der Waals surface area contributed by atoms with Crippen LogP contribution in [0.1, 0.15) is 86.9 Å². The highest BCUT2D eigenvalue weighted by molar-refractivity contribution is 8.01. The van der Waals surface area contributed by atoms with Gasteiger partial charge in [0.1, 0.15) is 5.37 Å². The molecular weight excluding hydrogens is 628 g/mol. The lowest BCUT2D eigenvalue weighted by Gasteiger charge is -2.31. The molecule has 2 fully saturated rings. The van der Waals surface area contributed by atoms with Gasteiger partial charge in [-0.1, -0.05) is 32.9 Å². The number of fused-ring (bicyclic) bond motifs is 4. The van der Waals surface area contributed by atoms with Gasteiger partial charge < -0.3 is 33.1 Å². The van der Waals surface area contributed by atoms with Gasteiger partial charge in [-0.3, -0.25) is 14.6 Å². The fraction of sp³-hybridized carbons (Fsp3) is 0.541. The van der Waals surface area contributed by atoms with Gasteiger partial charge in [-0.2, -0.15) is 0 Å². The number of hydrogen-bond acceptors (Lipinski definition) is 9. The maximum atomic E-state index is 13.7. The van der Waals surface area contributed by atoms with E-state index >= 15 is 0 Å². The van der Waals surface area contributed by atoms with E-state index in [1.54, 1.807) is 32.2 Å². The van der Waals surface area contributed by atoms with Crippen molar-refractivity contribution in [1.29, 1.82) is 0 Å². The predicted molar refractivity (Wildman–Crippen MR) is 191 cm³/mol. The third-order valence-electron chi connectivity index (χ3n) is 9.67. The summed E-state index contributed by atoms with van der Waals surface area (Å²) in [6.45, 7) is 15.1. The Morgan fingerprint density at radius 2 is 1.58 bits per heavy atom. The average Bonchev–Trinajstić information content (AvgIpc) is 3.54. The van der Waals surface area contributed by atoms with E-state index in [-0.39, 0.29) is 34.7 Å². The highest BCUT2D eigenvalue weighted by atomic mass is 32.2. The molecule has 4 aliphatic heterocycles. The molecule has 0 bridgehead atoms. The van der Waals surface area contributed by atoms with E-state index in [0.29, 0.717) is 66.1 Å². The summed E-state index contributed by atoms with van der Waals surface area (Å²) in [4.78, 5) is 35.6. The number of methoxy groups -OCH3 is 2. The Kier molecular flexibility index (Phi) is 9.88. The van der Waals surface area contributed by atoms with Crippen molar-refractivity contribution in [3.63, 3.8) is 0 Å². The first-order valence-corrected chi connectivity index (χ1v) is 17.9. The molecule has 0 saturated carbocycles. The van der Waals surface area contributed by atoms with Gasteiger partial charge in [0, 0.05) is 43.9 Å². The highest BCUT2D eigenvalue weighted by Gasteiger charge is 2.42. The Balaban J connectivity index is 1.06. The molecule has 4 heterocycles. The van der Waals surface area contributed by atoms with Gasteiger partial charge in [-0.15, -0.1) is 0 Å². The minimum atomic E-state index is -0.0152. The van der Waals surface area contributed by atoms with Gasteiger partial charge >= 0.3 is 0 Å². The molecule has 0 spiro atoms. The number of hydrogen-bond donors (Lipinski definition) is 0. The Hall–Kier alpha value is -3.86. The number of carbonyl (C=O) groups excluding carboxylic acids is 2. The largest absolute Gasteiger partial charge is 0.493 e. The number of ether oxygens (including phenoxy) is 4. The Morgan fingerprint density at radius 3 is 2.25 bits per heavy atom. The van der Waals surface area contributed by atoms with Crippen molar-refractivity contribution in [2.24, 2.45) is 10.4 Å². The quantitative estimate of drug-likeness (QED) is 0.132. The van der Waals surface area contributed by atoms with Crippen molar-refractivity contribution >= 4 is 41.4 Å². The van der Waals surface area contributed by atoms with E-state index in [9.17, 15) is 9.59 Å². The Labute approximate surface area is 288 Å². The van der Waals surface area contributed by atoms with Crippen molar-refractivity contribution in [1.82, 2.24) is 9.80 Å². The van der Waals surface area contributed by atoms with Crippen LogP contribution in [0, 0.1) is 5.41 Å². The molecule has 2 aromatic rings. The number of anilines is 1. The number of amides is 2. The second kappa shape index (κ2) is 13.9. The number of nitrogens with zero attached hydrogens (tertiary/aromatic N) is 4. The lowest BCUT2D eigenvalue weighted by Crippen LogP contribution is -2.36. The molecule has 0 N–H and O–H groups in total. The summed E-state index contributed by atoms with van der Waals surface area (Å²) in [5.74, 6) is 2.29. The van der Waals surface area contributed by atoms with Crippen LogP contribution < -0.4 is 23.3 Å². The molecule has 2 aromatic carbocycles. The van der Waals surface area contributed by atoms with E-state index in [1.807, 2.05) is 34.2 Å². The maximum Gasteiger partial charge on any atom is 0.257 e. The van der Waals surface area contributed by atoms with Gasteiger partial charge in [0.15, 0.2) is 23.0 Å². The fourth-order valence-electron chi connectivity index (χ4n) is 6.93. The van der Waals surface area contributed by atoms with E-state index < -0.39 is 0 Å². The van der Waals surface area contributed by atoms with Gasteiger partial charge in [-0.05, 0) is 68.5 Å². The number of aliphatic imine (C=N–C) groups is 1. The monoisotopic (exact) mass is 676 g/mol. The Bertz CT molecular complexity index is 1610. The minimum absolute atomic E-state index is 0.00189. The van der Waals surface area contributed by atoms with Crippen molar-refractivity contribution in [2.75, 3.05) is 44.8 Å². The summed E-state index contributed by atoms with van der Waals surface area (Å²) < 4.78 is 26.0. The van der Waals surface area contributed by atoms with Gasteiger partial charge in [0.2, 0.25) is 0 Å². The first kappa shape index (κ1) is 34.0. The third-order valence-corrected chi connectivity index (χ3v) is 11.1. The van der Waals surface area contributed by atoms with E-state index in [0.717, 1.165) is 49.8 Å². The molecule has 48 heavy (non-hydrogen) atoms. The van der Waals surface area contributed by atoms with Crippen LogP contribution in [-0.2, 0) is 0 Å². The number of carbonyl (C=O) groups is 2. The van der Waals surface area contributed by atoms with Gasteiger partial charge in [-0.25, -0.2) is 0 Å². The van der Waals surface area contributed by atoms with Crippen LogP contribution in [0.5, 0.6) is 23.0 Å². The standard InChI is InChI=1S/C37H48N4O6S/c1-8-24(3)41-29-18-33(31(45-7)16-27(29)36(43)39-21-23(2)14-34(39)48-41)47-13-11-9-10-12-46-32-17-28-26(15-30(32)44-6)35(42)40-22-37(4,5)19-25(40)20-38-28/h15-18,20,24-25,34H,2,8-14,19,21-22H2,1,3-7H3/t24?,25-,34+/m0/s1. The SMILES string of the molecule is C=C1C[C@H]2SN(C(C)CC)c3cc(OCCCCCOc4cc5c(cc4OC)C(=O)N4CC(C)(C)C[C@H]4C=N5)c(OC)cc3C(=O)N2C1. The predicted octanol–water partition coefficient (Wildman–Crippen LogP) is 7.28. The van der Waals surface area contributed by atoms with Crippen molar-refractivity contribution < 1.29 is 28.5 Å². The zero-order valence-electron chi connectivity index (χ0n) is 29.0. The van der Waals surface area contributed by atoms with Gasteiger partial charge in [0.25, 0.3) is 11.8 Å². The topological polar surface area (TPSA) is 93.1 Å². The molecule has 2 amide bonds. The first-order valence-electron chi connectivity index (χ1n) is 17.0. The second-order valence-corrected chi connectivity index (χ2v) is 15.1.